The quantitative estimate of drug-likeness (QED) is 0.621. The molecular formula is C27H31N5O2. The predicted octanol–water partition coefficient (Wildman–Crippen LogP) is 4.14. The summed E-state index contributed by atoms with van der Waals surface area (Å²) >= 11 is 0. The van der Waals surface area contributed by atoms with Gasteiger partial charge in [-0.05, 0) is 50.1 Å². The summed E-state index contributed by atoms with van der Waals surface area (Å²) in [6.45, 7) is 6.94. The third kappa shape index (κ3) is 5.20. The summed E-state index contributed by atoms with van der Waals surface area (Å²) in [6, 6.07) is 18.3. The molecule has 1 aromatic heterocycles. The Balaban J connectivity index is 1.22. The number of amides is 1. The van der Waals surface area contributed by atoms with Crippen molar-refractivity contribution in [3.8, 4) is 11.4 Å². The lowest BCUT2D eigenvalue weighted by Gasteiger charge is -2.33. The topological polar surface area (TPSA) is 70.6 Å². The maximum absolute atomic E-state index is 13.1. The highest BCUT2D eigenvalue weighted by molar-refractivity contribution is 5.93. The van der Waals surface area contributed by atoms with Crippen molar-refractivity contribution in [1.82, 2.24) is 9.97 Å². The Kier molecular flexibility index (Phi) is 6.72. The fraction of sp³-hybridized carbons (Fsp3) is 0.370. The van der Waals surface area contributed by atoms with Crippen molar-refractivity contribution in [3.05, 3.63) is 66.4 Å². The molecule has 2 saturated heterocycles. The second kappa shape index (κ2) is 10.2. The average molecular weight is 458 g/mol. The van der Waals surface area contributed by atoms with E-state index in [1.165, 1.54) is 11.3 Å². The van der Waals surface area contributed by atoms with Crippen LogP contribution in [0.2, 0.25) is 0 Å². The Bertz CT molecular complexity index is 1110. The molecule has 2 aliphatic rings. The number of aromatic nitrogens is 2. The second-order valence-electron chi connectivity index (χ2n) is 9.03. The monoisotopic (exact) mass is 457 g/mol. The van der Waals surface area contributed by atoms with Crippen LogP contribution < -0.4 is 15.1 Å². The van der Waals surface area contributed by atoms with Crippen molar-refractivity contribution in [2.24, 2.45) is 5.92 Å². The van der Waals surface area contributed by atoms with Crippen molar-refractivity contribution in [2.45, 2.75) is 19.8 Å². The van der Waals surface area contributed by atoms with E-state index in [1.54, 1.807) is 6.20 Å². The van der Waals surface area contributed by atoms with Crippen molar-refractivity contribution in [1.29, 1.82) is 0 Å². The molecule has 3 aromatic rings. The van der Waals surface area contributed by atoms with Crippen LogP contribution in [0, 0.1) is 12.8 Å². The number of anilines is 3. The Labute approximate surface area is 200 Å². The van der Waals surface area contributed by atoms with Crippen molar-refractivity contribution in [2.75, 3.05) is 54.5 Å². The molecule has 1 N–H and O–H groups in total. The first-order chi connectivity index (χ1) is 16.7. The zero-order valence-electron chi connectivity index (χ0n) is 19.6. The highest BCUT2D eigenvalue weighted by Crippen LogP contribution is 2.26. The average Bonchev–Trinajstić information content (AvgIpc) is 2.90. The summed E-state index contributed by atoms with van der Waals surface area (Å²) in [7, 11) is 0. The number of rotatable bonds is 5. The van der Waals surface area contributed by atoms with Gasteiger partial charge >= 0.3 is 0 Å². The Morgan fingerprint density at radius 2 is 1.74 bits per heavy atom. The van der Waals surface area contributed by atoms with E-state index in [4.69, 9.17) is 9.72 Å². The molecule has 0 saturated carbocycles. The maximum atomic E-state index is 13.1. The SMILES string of the molecule is Cc1ccc(-c2nccc(N3CCC[C@@H](C(=O)Nc4ccc(N5CCOCC5)cc4)C3)n2)cc1. The Hall–Kier alpha value is -3.45. The van der Waals surface area contributed by atoms with Crippen molar-refractivity contribution >= 4 is 23.1 Å². The van der Waals surface area contributed by atoms with E-state index >= 15 is 0 Å². The zero-order valence-corrected chi connectivity index (χ0v) is 19.6. The smallest absolute Gasteiger partial charge is 0.229 e. The number of hydrogen-bond donors (Lipinski definition) is 1. The number of nitrogens with zero attached hydrogens (tertiary/aromatic N) is 4. The van der Waals surface area contributed by atoms with Gasteiger partial charge in [0.25, 0.3) is 0 Å². The molecule has 34 heavy (non-hydrogen) atoms. The third-order valence-corrected chi connectivity index (χ3v) is 6.58. The number of aryl methyl sites for hydroxylation is 1. The van der Waals surface area contributed by atoms with Gasteiger partial charge in [0.1, 0.15) is 5.82 Å². The normalized spacial score (nSPS) is 18.6. The zero-order chi connectivity index (χ0) is 23.3. The standard InChI is InChI=1S/C27H31N5O2/c1-20-4-6-21(7-5-20)26-28-13-12-25(30-26)32-14-2-3-22(19-32)27(33)29-23-8-10-24(11-9-23)31-15-17-34-18-16-31/h4-13,22H,2-3,14-19H2,1H3,(H,29,33)/t22-/m1/s1. The molecule has 0 aliphatic carbocycles. The molecule has 2 aromatic carbocycles. The first-order valence-corrected chi connectivity index (χ1v) is 12.0. The van der Waals surface area contributed by atoms with Gasteiger partial charge in [0.2, 0.25) is 5.91 Å². The van der Waals surface area contributed by atoms with Crippen LogP contribution in [-0.4, -0.2) is 55.3 Å². The molecule has 0 spiro atoms. The van der Waals surface area contributed by atoms with Gasteiger partial charge in [-0.2, -0.15) is 0 Å². The molecular weight excluding hydrogens is 426 g/mol. The molecule has 1 amide bonds. The molecule has 1 atom stereocenters. The second-order valence-corrected chi connectivity index (χ2v) is 9.03. The lowest BCUT2D eigenvalue weighted by molar-refractivity contribution is -0.120. The molecule has 7 heteroatoms. The summed E-state index contributed by atoms with van der Waals surface area (Å²) in [5.41, 5.74) is 4.21. The van der Waals surface area contributed by atoms with E-state index in [2.05, 4.69) is 51.3 Å². The minimum absolute atomic E-state index is 0.0663. The van der Waals surface area contributed by atoms with Gasteiger partial charge in [0.05, 0.1) is 19.1 Å². The van der Waals surface area contributed by atoms with Crippen molar-refractivity contribution < 1.29 is 9.53 Å². The predicted molar refractivity (Wildman–Crippen MR) is 135 cm³/mol. The number of carbonyl (C=O) groups is 1. The molecule has 0 unspecified atom stereocenters. The first-order valence-electron chi connectivity index (χ1n) is 12.0. The molecule has 5 rings (SSSR count). The van der Waals surface area contributed by atoms with E-state index in [-0.39, 0.29) is 11.8 Å². The van der Waals surface area contributed by atoms with E-state index in [0.717, 1.165) is 62.8 Å². The highest BCUT2D eigenvalue weighted by atomic mass is 16.5. The summed E-state index contributed by atoms with van der Waals surface area (Å²) in [4.78, 5) is 26.8. The van der Waals surface area contributed by atoms with Gasteiger partial charge in [0, 0.05) is 49.3 Å². The highest BCUT2D eigenvalue weighted by Gasteiger charge is 2.27. The minimum atomic E-state index is -0.0783. The molecule has 2 aliphatic heterocycles. The van der Waals surface area contributed by atoms with Gasteiger partial charge in [-0.15, -0.1) is 0 Å². The van der Waals surface area contributed by atoms with E-state index in [1.807, 2.05) is 30.3 Å². The first kappa shape index (κ1) is 22.3. The van der Waals surface area contributed by atoms with Crippen LogP contribution in [0.5, 0.6) is 0 Å². The summed E-state index contributed by atoms with van der Waals surface area (Å²) < 4.78 is 5.43. The van der Waals surface area contributed by atoms with Crippen LogP contribution in [0.3, 0.4) is 0 Å². The number of benzene rings is 2. The Morgan fingerprint density at radius 3 is 2.50 bits per heavy atom. The number of carbonyl (C=O) groups excluding carboxylic acids is 1. The van der Waals surface area contributed by atoms with Gasteiger partial charge < -0.3 is 19.9 Å². The van der Waals surface area contributed by atoms with Crippen LogP contribution >= 0.6 is 0 Å². The molecule has 0 radical (unpaired) electrons. The summed E-state index contributed by atoms with van der Waals surface area (Å²) in [6.07, 6.45) is 3.64. The maximum Gasteiger partial charge on any atom is 0.229 e. The number of morpholine rings is 1. The van der Waals surface area contributed by atoms with Crippen LogP contribution in [0.1, 0.15) is 18.4 Å². The number of nitrogens with one attached hydrogen (secondary N) is 1. The molecule has 0 bridgehead atoms. The number of hydrogen-bond acceptors (Lipinski definition) is 6. The van der Waals surface area contributed by atoms with Gasteiger partial charge in [0.15, 0.2) is 5.82 Å². The largest absolute Gasteiger partial charge is 0.378 e. The molecule has 3 heterocycles. The van der Waals surface area contributed by atoms with Crippen LogP contribution in [0.25, 0.3) is 11.4 Å². The van der Waals surface area contributed by atoms with E-state index < -0.39 is 0 Å². The van der Waals surface area contributed by atoms with Crippen LogP contribution in [0.4, 0.5) is 17.2 Å². The number of piperidine rings is 1. The van der Waals surface area contributed by atoms with Gasteiger partial charge in [-0.1, -0.05) is 29.8 Å². The van der Waals surface area contributed by atoms with Crippen LogP contribution in [0.15, 0.2) is 60.8 Å². The minimum Gasteiger partial charge on any atom is -0.378 e. The third-order valence-electron chi connectivity index (χ3n) is 6.58. The molecule has 176 valence electrons. The van der Waals surface area contributed by atoms with Crippen LogP contribution in [-0.2, 0) is 9.53 Å². The summed E-state index contributed by atoms with van der Waals surface area (Å²) in [5.74, 6) is 1.57. The lowest BCUT2D eigenvalue weighted by atomic mass is 9.97. The number of ether oxygens (including phenoxy) is 1. The fourth-order valence-electron chi connectivity index (χ4n) is 4.59. The van der Waals surface area contributed by atoms with Gasteiger partial charge in [-0.3, -0.25) is 4.79 Å². The summed E-state index contributed by atoms with van der Waals surface area (Å²) in [5, 5.41) is 3.11. The lowest BCUT2D eigenvalue weighted by Crippen LogP contribution is -2.41. The van der Waals surface area contributed by atoms with E-state index in [9.17, 15) is 4.79 Å². The van der Waals surface area contributed by atoms with Gasteiger partial charge in [-0.25, -0.2) is 9.97 Å². The van der Waals surface area contributed by atoms with Crippen molar-refractivity contribution in [3.63, 3.8) is 0 Å². The fourth-order valence-corrected chi connectivity index (χ4v) is 4.59. The Morgan fingerprint density at radius 1 is 0.971 bits per heavy atom. The molecule has 2 fully saturated rings. The molecule has 7 nitrogen and oxygen atoms in total. The van der Waals surface area contributed by atoms with E-state index in [0.29, 0.717) is 12.4 Å².